The molecule has 1 saturated heterocycles. The summed E-state index contributed by atoms with van der Waals surface area (Å²) in [6.45, 7) is 1.23. The van der Waals surface area contributed by atoms with Gasteiger partial charge in [0, 0.05) is 0 Å². The molecule has 3 unspecified atom stereocenters. The minimum absolute atomic E-state index is 0.135. The first-order valence-electron chi connectivity index (χ1n) is 5.67. The Labute approximate surface area is 126 Å². The van der Waals surface area contributed by atoms with E-state index in [1.807, 2.05) is 0 Å². The summed E-state index contributed by atoms with van der Waals surface area (Å²) < 4.78 is 49.8. The Morgan fingerprint density at radius 3 is 2.23 bits per heavy atom. The zero-order valence-corrected chi connectivity index (χ0v) is 13.8. The normalized spacial score (nSPS) is 31.4. The van der Waals surface area contributed by atoms with Crippen molar-refractivity contribution in [2.45, 2.75) is 25.7 Å². The molecule has 22 heavy (non-hydrogen) atoms. The number of rotatable bonds is 8. The van der Waals surface area contributed by atoms with E-state index in [0.29, 0.717) is 6.42 Å². The summed E-state index contributed by atoms with van der Waals surface area (Å²) >= 11 is 0. The molecule has 0 saturated carbocycles. The summed E-state index contributed by atoms with van der Waals surface area (Å²) in [5, 5.41) is 0. The van der Waals surface area contributed by atoms with Gasteiger partial charge in [-0.1, -0.05) is 0 Å². The van der Waals surface area contributed by atoms with Crippen molar-refractivity contribution >= 4 is 31.1 Å². The van der Waals surface area contributed by atoms with Crippen LogP contribution in [0.2, 0.25) is 0 Å². The number of nitrogens with zero attached hydrogens (tertiary/aromatic N) is 1. The van der Waals surface area contributed by atoms with Crippen molar-refractivity contribution in [3.63, 3.8) is 0 Å². The topological polar surface area (TPSA) is 181 Å². The second kappa shape index (κ2) is 7.42. The van der Waals surface area contributed by atoms with E-state index < -0.39 is 42.4 Å². The molecule has 127 valence electrons. The van der Waals surface area contributed by atoms with Gasteiger partial charge in [0.25, 0.3) is 0 Å². The molecular formula is C6H14BNO11P3. The van der Waals surface area contributed by atoms with Crippen LogP contribution < -0.4 is 0 Å². The SMILES string of the molecule is [B]=N[C@H]1CC(C)[C@@H](COP(=O)(O)OP(=O)(O)OP(=O)(O)O)O1. The third kappa shape index (κ3) is 7.20. The standard InChI is InChI=1S/C6H14BNO11P3/c1-4-2-6(8-7)17-5(4)3-16-21(12,13)19-22(14,15)18-20(9,10)11/h4-6H,2-3H2,1H3,(H,12,13)(H,14,15)(H2,9,10,11)/t4?,5-,6-/m1/s1. The molecule has 1 aliphatic rings. The molecule has 1 fully saturated rings. The van der Waals surface area contributed by atoms with Crippen molar-refractivity contribution in [2.75, 3.05) is 6.61 Å². The molecule has 1 aliphatic heterocycles. The van der Waals surface area contributed by atoms with Gasteiger partial charge in [-0.2, -0.15) is 0 Å². The van der Waals surface area contributed by atoms with Crippen LogP contribution >= 0.6 is 23.5 Å². The Morgan fingerprint density at radius 2 is 1.77 bits per heavy atom. The predicted molar refractivity (Wildman–Crippen MR) is 70.4 cm³/mol. The summed E-state index contributed by atoms with van der Waals surface area (Å²) in [6.07, 6.45) is -0.840. The molecule has 0 amide bonds. The van der Waals surface area contributed by atoms with Gasteiger partial charge in [0.05, 0.1) is 0 Å². The third-order valence-corrected chi connectivity index (χ3v) is 6.33. The number of hydrogen-bond donors (Lipinski definition) is 4. The summed E-state index contributed by atoms with van der Waals surface area (Å²) in [5.74, 6) is -0.135. The molecule has 0 aromatic heterocycles. The first kappa shape index (κ1) is 20.3. The molecule has 0 aromatic rings. The van der Waals surface area contributed by atoms with Crippen molar-refractivity contribution in [3.8, 4) is 0 Å². The number of phosphoric acid groups is 3. The molecule has 1 heterocycles. The minimum atomic E-state index is -5.51. The fourth-order valence-electron chi connectivity index (χ4n) is 1.63. The van der Waals surface area contributed by atoms with E-state index in [-0.39, 0.29) is 5.92 Å². The Kier molecular flexibility index (Phi) is 6.84. The maximum absolute atomic E-state index is 11.5. The van der Waals surface area contributed by atoms with E-state index in [2.05, 4.69) is 18.0 Å². The molecular weight excluding hydrogens is 366 g/mol. The van der Waals surface area contributed by atoms with Gasteiger partial charge in [-0.15, -0.1) is 0 Å². The van der Waals surface area contributed by atoms with Crippen molar-refractivity contribution < 1.29 is 51.2 Å². The first-order valence-corrected chi connectivity index (χ1v) is 10.2. The molecule has 16 heteroatoms. The zero-order chi connectivity index (χ0) is 17.2. The number of phosphoric ester groups is 1. The van der Waals surface area contributed by atoms with Crippen LogP contribution in [-0.2, 0) is 31.6 Å². The molecule has 0 bridgehead atoms. The maximum atomic E-state index is 11.5. The number of hydrogen-bond acceptors (Lipinski definition) is 8. The van der Waals surface area contributed by atoms with Gasteiger partial charge >= 0.3 is 125 Å². The van der Waals surface area contributed by atoms with Crippen LogP contribution in [0.4, 0.5) is 0 Å². The molecule has 0 spiro atoms. The molecule has 4 N–H and O–H groups in total. The van der Waals surface area contributed by atoms with Crippen molar-refractivity contribution in [1.29, 1.82) is 0 Å². The van der Waals surface area contributed by atoms with Gasteiger partial charge in [-0.3, -0.25) is 0 Å². The van der Waals surface area contributed by atoms with E-state index in [1.165, 1.54) is 0 Å². The van der Waals surface area contributed by atoms with E-state index >= 15 is 0 Å². The van der Waals surface area contributed by atoms with E-state index in [4.69, 9.17) is 27.1 Å². The van der Waals surface area contributed by atoms with Gasteiger partial charge < -0.3 is 0 Å². The van der Waals surface area contributed by atoms with Crippen LogP contribution in [0, 0.1) is 5.92 Å². The van der Waals surface area contributed by atoms with Crippen molar-refractivity contribution in [1.82, 2.24) is 0 Å². The third-order valence-electron chi connectivity index (χ3n) is 2.52. The van der Waals surface area contributed by atoms with Crippen LogP contribution in [0.3, 0.4) is 0 Å². The van der Waals surface area contributed by atoms with Crippen LogP contribution in [0.1, 0.15) is 13.3 Å². The van der Waals surface area contributed by atoms with Crippen LogP contribution in [0.25, 0.3) is 0 Å². The quantitative estimate of drug-likeness (QED) is 0.339. The van der Waals surface area contributed by atoms with Gasteiger partial charge in [0.15, 0.2) is 0 Å². The fraction of sp³-hybridized carbons (Fsp3) is 1.00. The molecule has 1 radical (unpaired) electrons. The number of ether oxygens (including phenoxy) is 1. The summed E-state index contributed by atoms with van der Waals surface area (Å²) in [7, 11) is -11.0. The average molecular weight is 380 g/mol. The second-order valence-corrected chi connectivity index (χ2v) is 8.80. The predicted octanol–water partition coefficient (Wildman–Crippen LogP) is 0.433. The molecule has 0 aliphatic carbocycles. The Hall–Kier alpha value is 0.235. The zero-order valence-electron chi connectivity index (χ0n) is 11.2. The molecule has 0 aromatic carbocycles. The van der Waals surface area contributed by atoms with Crippen molar-refractivity contribution in [3.05, 3.63) is 0 Å². The summed E-state index contributed by atoms with van der Waals surface area (Å²) in [5.41, 5.74) is 0. The average Bonchev–Trinajstić information content (AvgIpc) is 2.62. The van der Waals surface area contributed by atoms with Crippen LogP contribution in [0.15, 0.2) is 4.90 Å². The Morgan fingerprint density at radius 1 is 1.18 bits per heavy atom. The van der Waals surface area contributed by atoms with E-state index in [9.17, 15) is 18.6 Å². The van der Waals surface area contributed by atoms with Gasteiger partial charge in [0.1, 0.15) is 0 Å². The van der Waals surface area contributed by atoms with Crippen LogP contribution in [-0.4, -0.2) is 46.2 Å². The van der Waals surface area contributed by atoms with Gasteiger partial charge in [-0.05, 0) is 0 Å². The van der Waals surface area contributed by atoms with Gasteiger partial charge in [0.2, 0.25) is 0 Å². The Balaban J connectivity index is 2.57. The van der Waals surface area contributed by atoms with E-state index in [1.54, 1.807) is 6.92 Å². The summed E-state index contributed by atoms with van der Waals surface area (Å²) in [4.78, 5) is 38.3. The molecule has 1 rings (SSSR count). The summed E-state index contributed by atoms with van der Waals surface area (Å²) in [6, 6.07) is 0. The van der Waals surface area contributed by atoms with Gasteiger partial charge in [-0.25, -0.2) is 0 Å². The second-order valence-electron chi connectivity index (χ2n) is 4.38. The first-order chi connectivity index (χ1) is 9.84. The molecule has 12 nitrogen and oxygen atoms in total. The molecule has 5 atom stereocenters. The van der Waals surface area contributed by atoms with Crippen molar-refractivity contribution in [2.24, 2.45) is 10.8 Å². The Bertz CT molecular complexity index is 550. The monoisotopic (exact) mass is 380 g/mol. The van der Waals surface area contributed by atoms with Crippen LogP contribution in [0.5, 0.6) is 0 Å². The fourth-order valence-corrected chi connectivity index (χ4v) is 4.66. The van der Waals surface area contributed by atoms with E-state index in [0.717, 1.165) is 0 Å².